The zero-order valence-corrected chi connectivity index (χ0v) is 18.7. The predicted molar refractivity (Wildman–Crippen MR) is 131 cm³/mol. The molecule has 4 nitrogen and oxygen atoms in total. The van der Waals surface area contributed by atoms with Gasteiger partial charge in [-0.1, -0.05) is 53.5 Å². The van der Waals surface area contributed by atoms with Gasteiger partial charge >= 0.3 is 0 Å². The third kappa shape index (κ3) is 3.83. The molecule has 0 saturated carbocycles. The second-order valence-corrected chi connectivity index (χ2v) is 8.65. The fourth-order valence-corrected chi connectivity index (χ4v) is 4.50. The van der Waals surface area contributed by atoms with E-state index in [2.05, 4.69) is 16.0 Å². The maximum Gasteiger partial charge on any atom is 0.249 e. The summed E-state index contributed by atoms with van der Waals surface area (Å²) in [5.74, 6) is -0.0525. The standard InChI is InChI=1S/C26H19Cl2N3O/c1-31-15-29-14-24(31)26(16-5-8-19(27)9-6-16)18-7-10-23-22(12-18)21(13-25(32)30-23)17-3-2-4-20(28)11-17/h2-15,26H,1H3,(H,30,32). The topological polar surface area (TPSA) is 50.7 Å². The number of rotatable bonds is 4. The second-order valence-electron chi connectivity index (χ2n) is 7.78. The molecule has 1 atom stereocenters. The fourth-order valence-electron chi connectivity index (χ4n) is 4.18. The minimum atomic E-state index is -0.152. The summed E-state index contributed by atoms with van der Waals surface area (Å²) in [5, 5.41) is 2.27. The summed E-state index contributed by atoms with van der Waals surface area (Å²) >= 11 is 12.4. The van der Waals surface area contributed by atoms with Gasteiger partial charge in [-0.3, -0.25) is 4.79 Å². The highest BCUT2D eigenvalue weighted by Gasteiger charge is 2.21. The molecule has 2 heterocycles. The van der Waals surface area contributed by atoms with E-state index >= 15 is 0 Å². The summed E-state index contributed by atoms with van der Waals surface area (Å²) in [6.07, 6.45) is 3.68. The van der Waals surface area contributed by atoms with Crippen molar-refractivity contribution in [3.63, 3.8) is 0 Å². The first-order valence-electron chi connectivity index (χ1n) is 10.1. The van der Waals surface area contributed by atoms with Crippen LogP contribution in [-0.4, -0.2) is 14.5 Å². The maximum atomic E-state index is 12.4. The number of pyridine rings is 1. The van der Waals surface area contributed by atoms with Crippen molar-refractivity contribution in [2.45, 2.75) is 5.92 Å². The van der Waals surface area contributed by atoms with Crippen molar-refractivity contribution in [2.24, 2.45) is 7.05 Å². The molecule has 0 aliphatic rings. The largest absolute Gasteiger partial charge is 0.337 e. The number of halogens is 2. The number of hydrogen-bond acceptors (Lipinski definition) is 2. The molecular weight excluding hydrogens is 441 g/mol. The molecular formula is C26H19Cl2N3O. The molecule has 158 valence electrons. The molecule has 2 aromatic heterocycles. The molecule has 0 spiro atoms. The van der Waals surface area contributed by atoms with Crippen LogP contribution in [0.3, 0.4) is 0 Å². The van der Waals surface area contributed by atoms with Gasteiger partial charge in [-0.05, 0) is 58.7 Å². The molecule has 3 aromatic carbocycles. The highest BCUT2D eigenvalue weighted by molar-refractivity contribution is 6.31. The number of benzene rings is 3. The van der Waals surface area contributed by atoms with Crippen LogP contribution in [0.15, 0.2) is 90.1 Å². The average molecular weight is 460 g/mol. The number of imidazole rings is 1. The number of hydrogen-bond donors (Lipinski definition) is 1. The van der Waals surface area contributed by atoms with Crippen LogP contribution in [0, 0.1) is 0 Å². The Balaban J connectivity index is 1.76. The number of aromatic nitrogens is 3. The van der Waals surface area contributed by atoms with Gasteiger partial charge in [0.15, 0.2) is 0 Å². The summed E-state index contributed by atoms with van der Waals surface area (Å²) in [5.41, 5.74) is 5.60. The van der Waals surface area contributed by atoms with Gasteiger partial charge in [-0.25, -0.2) is 4.98 Å². The summed E-state index contributed by atoms with van der Waals surface area (Å²) in [6.45, 7) is 0. The van der Waals surface area contributed by atoms with Crippen molar-refractivity contribution >= 4 is 34.1 Å². The highest BCUT2D eigenvalue weighted by atomic mass is 35.5. The van der Waals surface area contributed by atoms with E-state index in [1.807, 2.05) is 78.5 Å². The van der Waals surface area contributed by atoms with Crippen LogP contribution in [0.4, 0.5) is 0 Å². The van der Waals surface area contributed by atoms with Gasteiger partial charge in [-0.2, -0.15) is 0 Å². The van der Waals surface area contributed by atoms with Crippen molar-refractivity contribution in [1.29, 1.82) is 0 Å². The lowest BCUT2D eigenvalue weighted by Gasteiger charge is -2.20. The Morgan fingerprint density at radius 3 is 2.41 bits per heavy atom. The van der Waals surface area contributed by atoms with Crippen molar-refractivity contribution in [2.75, 3.05) is 0 Å². The van der Waals surface area contributed by atoms with Gasteiger partial charge in [0.2, 0.25) is 5.56 Å². The van der Waals surface area contributed by atoms with Gasteiger partial charge < -0.3 is 9.55 Å². The molecule has 0 bridgehead atoms. The zero-order valence-electron chi connectivity index (χ0n) is 17.2. The van der Waals surface area contributed by atoms with Crippen LogP contribution in [0.1, 0.15) is 22.7 Å². The van der Waals surface area contributed by atoms with Crippen molar-refractivity contribution < 1.29 is 0 Å². The third-order valence-electron chi connectivity index (χ3n) is 5.69. The van der Waals surface area contributed by atoms with Crippen molar-refractivity contribution in [1.82, 2.24) is 14.5 Å². The van der Waals surface area contributed by atoms with Crippen LogP contribution in [0.2, 0.25) is 10.0 Å². The van der Waals surface area contributed by atoms with Gasteiger partial charge in [-0.15, -0.1) is 0 Å². The Labute approximate surface area is 195 Å². The zero-order chi connectivity index (χ0) is 22.2. The molecule has 0 aliphatic heterocycles. The fraction of sp³-hybridized carbons (Fsp3) is 0.0769. The van der Waals surface area contributed by atoms with Gasteiger partial charge in [0, 0.05) is 46.0 Å². The maximum absolute atomic E-state index is 12.4. The summed E-state index contributed by atoms with van der Waals surface area (Å²) < 4.78 is 2.02. The van der Waals surface area contributed by atoms with E-state index in [0.29, 0.717) is 10.0 Å². The van der Waals surface area contributed by atoms with Gasteiger partial charge in [0.05, 0.1) is 12.2 Å². The number of aromatic amines is 1. The average Bonchev–Trinajstić information content (AvgIpc) is 3.20. The molecule has 5 aromatic rings. The highest BCUT2D eigenvalue weighted by Crippen LogP contribution is 2.36. The van der Waals surface area contributed by atoms with Crippen LogP contribution in [-0.2, 0) is 7.05 Å². The van der Waals surface area contributed by atoms with Crippen molar-refractivity contribution in [3.8, 4) is 11.1 Å². The lowest BCUT2D eigenvalue weighted by Crippen LogP contribution is -2.09. The molecule has 0 saturated heterocycles. The number of H-pyrrole nitrogens is 1. The minimum absolute atomic E-state index is 0.0525. The van der Waals surface area contributed by atoms with Gasteiger partial charge in [0.1, 0.15) is 0 Å². The van der Waals surface area contributed by atoms with Gasteiger partial charge in [0.25, 0.3) is 0 Å². The van der Waals surface area contributed by atoms with E-state index in [0.717, 1.165) is 38.9 Å². The van der Waals surface area contributed by atoms with E-state index in [9.17, 15) is 4.79 Å². The first-order valence-corrected chi connectivity index (χ1v) is 10.9. The number of nitrogens with zero attached hydrogens (tertiary/aromatic N) is 2. The Bertz CT molecular complexity index is 1490. The normalized spacial score (nSPS) is 12.2. The van der Waals surface area contributed by atoms with Crippen LogP contribution in [0.5, 0.6) is 0 Å². The van der Waals surface area contributed by atoms with Crippen molar-refractivity contribution in [3.05, 3.63) is 123 Å². The van der Waals surface area contributed by atoms with Crippen LogP contribution >= 0.6 is 23.2 Å². The molecule has 1 unspecified atom stereocenters. The van der Waals surface area contributed by atoms with E-state index < -0.39 is 0 Å². The molecule has 0 aliphatic carbocycles. The van der Waals surface area contributed by atoms with E-state index in [1.54, 1.807) is 12.4 Å². The predicted octanol–water partition coefficient (Wildman–Crippen LogP) is 6.42. The monoisotopic (exact) mass is 459 g/mol. The van der Waals surface area contributed by atoms with Crippen LogP contribution in [0.25, 0.3) is 22.0 Å². The molecule has 0 radical (unpaired) electrons. The molecule has 32 heavy (non-hydrogen) atoms. The third-order valence-corrected chi connectivity index (χ3v) is 6.18. The molecule has 0 fully saturated rings. The Morgan fingerprint density at radius 1 is 0.906 bits per heavy atom. The smallest absolute Gasteiger partial charge is 0.249 e. The molecule has 6 heteroatoms. The van der Waals surface area contributed by atoms with E-state index in [1.165, 1.54) is 0 Å². The summed E-state index contributed by atoms with van der Waals surface area (Å²) in [6, 6.07) is 23.2. The molecule has 5 rings (SSSR count). The first kappa shape index (κ1) is 20.6. The Hall–Kier alpha value is -3.34. The number of fused-ring (bicyclic) bond motifs is 1. The summed E-state index contributed by atoms with van der Waals surface area (Å²) in [7, 11) is 1.99. The first-order chi connectivity index (χ1) is 15.5. The number of nitrogens with one attached hydrogen (secondary N) is 1. The van der Waals surface area contributed by atoms with E-state index in [4.69, 9.17) is 23.2 Å². The lowest BCUT2D eigenvalue weighted by molar-refractivity contribution is 0.793. The lowest BCUT2D eigenvalue weighted by atomic mass is 9.87. The quantitative estimate of drug-likeness (QED) is 0.337. The van der Waals surface area contributed by atoms with Crippen LogP contribution < -0.4 is 5.56 Å². The Kier molecular flexibility index (Phi) is 5.33. The second kappa shape index (κ2) is 8.30. The van der Waals surface area contributed by atoms with E-state index in [-0.39, 0.29) is 11.5 Å². The molecule has 1 N–H and O–H groups in total. The number of aryl methyl sites for hydroxylation is 1. The summed E-state index contributed by atoms with van der Waals surface area (Å²) in [4.78, 5) is 19.6. The molecule has 0 amide bonds. The Morgan fingerprint density at radius 2 is 1.69 bits per heavy atom. The SMILES string of the molecule is Cn1cncc1C(c1ccc(Cl)cc1)c1ccc2[nH]c(=O)cc(-c3cccc(Cl)c3)c2c1. The minimum Gasteiger partial charge on any atom is -0.337 e.